The molecule has 2 aliphatic rings. The van der Waals surface area contributed by atoms with E-state index in [0.717, 1.165) is 36.8 Å². The second kappa shape index (κ2) is 8.34. The summed E-state index contributed by atoms with van der Waals surface area (Å²) in [6.07, 6.45) is 6.00. The number of amides is 1. The molecule has 2 fully saturated rings. The molecule has 29 heavy (non-hydrogen) atoms. The number of hydrogen-bond acceptors (Lipinski definition) is 4. The Labute approximate surface area is 173 Å². The second-order valence-electron chi connectivity index (χ2n) is 8.54. The van der Waals surface area contributed by atoms with Crippen LogP contribution in [-0.2, 0) is 14.6 Å². The summed E-state index contributed by atoms with van der Waals surface area (Å²) in [7, 11) is -1.09. The fourth-order valence-corrected chi connectivity index (χ4v) is 6.56. The molecule has 1 saturated carbocycles. The molecule has 1 aliphatic carbocycles. The summed E-state index contributed by atoms with van der Waals surface area (Å²) in [4.78, 5) is 17.3. The molecule has 0 N–H and O–H groups in total. The van der Waals surface area contributed by atoms with Crippen LogP contribution in [0, 0.1) is 0 Å². The van der Waals surface area contributed by atoms with Crippen molar-refractivity contribution in [1.82, 2.24) is 4.90 Å². The maximum Gasteiger partial charge on any atom is 0.242 e. The van der Waals surface area contributed by atoms with Gasteiger partial charge in [-0.3, -0.25) is 4.79 Å². The number of carbonyl (C=O) groups excluding carboxylic acids is 1. The van der Waals surface area contributed by atoms with Gasteiger partial charge in [0.15, 0.2) is 9.84 Å². The number of hydrogen-bond donors (Lipinski definition) is 0. The maximum absolute atomic E-state index is 13.4. The highest BCUT2D eigenvalue weighted by Crippen LogP contribution is 2.29. The number of nitrogens with zero attached hydrogens (tertiary/aromatic N) is 2. The van der Waals surface area contributed by atoms with Crippen molar-refractivity contribution >= 4 is 32.2 Å². The molecule has 1 heterocycles. The van der Waals surface area contributed by atoms with Gasteiger partial charge < -0.3 is 9.80 Å². The van der Waals surface area contributed by atoms with Crippen molar-refractivity contribution in [3.05, 3.63) is 42.5 Å². The predicted molar refractivity (Wildman–Crippen MR) is 118 cm³/mol. The van der Waals surface area contributed by atoms with Crippen molar-refractivity contribution in [3.8, 4) is 0 Å². The Balaban J connectivity index is 1.53. The Hall–Kier alpha value is -2.08. The number of anilines is 1. The van der Waals surface area contributed by atoms with Gasteiger partial charge in [0.1, 0.15) is 0 Å². The Kier molecular flexibility index (Phi) is 5.81. The zero-order valence-electron chi connectivity index (χ0n) is 17.1. The molecule has 0 aromatic heterocycles. The van der Waals surface area contributed by atoms with Gasteiger partial charge in [0, 0.05) is 24.8 Å². The summed E-state index contributed by atoms with van der Waals surface area (Å²) in [5.41, 5.74) is 1.000. The van der Waals surface area contributed by atoms with Crippen LogP contribution in [0.4, 0.5) is 5.69 Å². The number of likely N-dealkylation sites (N-methyl/N-ethyl adjacent to an activating group) is 1. The van der Waals surface area contributed by atoms with E-state index in [1.165, 1.54) is 11.8 Å². The molecule has 1 saturated heterocycles. The summed E-state index contributed by atoms with van der Waals surface area (Å²) in [6.45, 7) is 0.269. The first-order valence-corrected chi connectivity index (χ1v) is 12.5. The molecule has 2 aromatic rings. The smallest absolute Gasteiger partial charge is 0.242 e. The van der Waals surface area contributed by atoms with Crippen LogP contribution >= 0.6 is 0 Å². The summed E-state index contributed by atoms with van der Waals surface area (Å²) in [6, 6.07) is 14.4. The molecule has 0 radical (unpaired) electrons. The van der Waals surface area contributed by atoms with Gasteiger partial charge in [-0.25, -0.2) is 8.42 Å². The summed E-state index contributed by atoms with van der Waals surface area (Å²) in [5, 5.41) is 2.33. The van der Waals surface area contributed by atoms with Crippen LogP contribution in [-0.4, -0.2) is 56.4 Å². The lowest BCUT2D eigenvalue weighted by Crippen LogP contribution is -2.51. The Bertz CT molecular complexity index is 983. The van der Waals surface area contributed by atoms with E-state index >= 15 is 0 Å². The van der Waals surface area contributed by atoms with Crippen LogP contribution in [0.15, 0.2) is 42.5 Å². The SMILES string of the molecule is CN(CC(=O)N(C1CCCCC1)[C@H]1CCS(=O)(=O)C1)c1ccc2ccccc2c1. The van der Waals surface area contributed by atoms with Crippen molar-refractivity contribution in [2.45, 2.75) is 50.6 Å². The molecule has 0 spiro atoms. The first-order chi connectivity index (χ1) is 13.9. The Morgan fingerprint density at radius 3 is 2.38 bits per heavy atom. The molecule has 156 valence electrons. The van der Waals surface area contributed by atoms with Gasteiger partial charge in [-0.05, 0) is 42.2 Å². The molecule has 1 atom stereocenters. The third-order valence-electron chi connectivity index (χ3n) is 6.40. The third-order valence-corrected chi connectivity index (χ3v) is 8.15. The van der Waals surface area contributed by atoms with Gasteiger partial charge >= 0.3 is 0 Å². The van der Waals surface area contributed by atoms with E-state index < -0.39 is 9.84 Å². The molecule has 4 rings (SSSR count). The lowest BCUT2D eigenvalue weighted by molar-refractivity contribution is -0.135. The minimum absolute atomic E-state index is 0.0506. The average Bonchev–Trinajstić information content (AvgIpc) is 3.07. The van der Waals surface area contributed by atoms with Gasteiger partial charge in [-0.2, -0.15) is 0 Å². The number of rotatable bonds is 5. The molecule has 1 aliphatic heterocycles. The van der Waals surface area contributed by atoms with Crippen LogP contribution in [0.5, 0.6) is 0 Å². The topological polar surface area (TPSA) is 57.7 Å². The molecule has 6 heteroatoms. The largest absolute Gasteiger partial charge is 0.365 e. The second-order valence-corrected chi connectivity index (χ2v) is 10.8. The minimum atomic E-state index is -3.03. The van der Waals surface area contributed by atoms with Crippen molar-refractivity contribution in [3.63, 3.8) is 0 Å². The van der Waals surface area contributed by atoms with Gasteiger partial charge in [-0.1, -0.05) is 49.6 Å². The molecule has 2 aromatic carbocycles. The Morgan fingerprint density at radius 2 is 1.69 bits per heavy atom. The Morgan fingerprint density at radius 1 is 0.966 bits per heavy atom. The quantitative estimate of drug-likeness (QED) is 0.750. The summed E-state index contributed by atoms with van der Waals surface area (Å²) >= 11 is 0. The molecule has 0 unspecified atom stereocenters. The zero-order valence-corrected chi connectivity index (χ0v) is 17.9. The minimum Gasteiger partial charge on any atom is -0.365 e. The predicted octanol–water partition coefficient (Wildman–Crippen LogP) is 3.62. The third kappa shape index (κ3) is 4.58. The normalized spacial score (nSPS) is 21.9. The van der Waals surface area contributed by atoms with Crippen molar-refractivity contribution < 1.29 is 13.2 Å². The number of sulfone groups is 1. The maximum atomic E-state index is 13.4. The highest BCUT2D eigenvalue weighted by molar-refractivity contribution is 7.91. The number of fused-ring (bicyclic) bond motifs is 1. The standard InChI is InChI=1S/C23H30N2O3S/c1-24(21-12-11-18-7-5-6-8-19(18)15-21)16-23(26)25(20-9-3-2-4-10-20)22-13-14-29(27,28)17-22/h5-8,11-12,15,20,22H,2-4,9-10,13-14,16-17H2,1H3/t22-/m0/s1. The van der Waals surface area contributed by atoms with Crippen LogP contribution in [0.3, 0.4) is 0 Å². The van der Waals surface area contributed by atoms with Gasteiger partial charge in [0.05, 0.1) is 18.1 Å². The van der Waals surface area contributed by atoms with E-state index in [0.29, 0.717) is 6.42 Å². The molecule has 1 amide bonds. The van der Waals surface area contributed by atoms with Crippen LogP contribution < -0.4 is 4.90 Å². The molecule has 5 nitrogen and oxygen atoms in total. The van der Waals surface area contributed by atoms with Gasteiger partial charge in [0.25, 0.3) is 0 Å². The first kappa shape index (κ1) is 20.2. The zero-order chi connectivity index (χ0) is 20.4. The highest BCUT2D eigenvalue weighted by atomic mass is 32.2. The van der Waals surface area contributed by atoms with E-state index in [2.05, 4.69) is 24.3 Å². The average molecular weight is 415 g/mol. The van der Waals surface area contributed by atoms with Gasteiger partial charge in [-0.15, -0.1) is 0 Å². The van der Waals surface area contributed by atoms with Crippen molar-refractivity contribution in [2.75, 3.05) is 30.0 Å². The molecular weight excluding hydrogens is 384 g/mol. The lowest BCUT2D eigenvalue weighted by atomic mass is 9.92. The van der Waals surface area contributed by atoms with E-state index in [9.17, 15) is 13.2 Å². The fraction of sp³-hybridized carbons (Fsp3) is 0.522. The van der Waals surface area contributed by atoms with Crippen LogP contribution in [0.25, 0.3) is 10.8 Å². The van der Waals surface area contributed by atoms with Crippen molar-refractivity contribution in [1.29, 1.82) is 0 Å². The molecule has 0 bridgehead atoms. The van der Waals surface area contributed by atoms with E-state index in [4.69, 9.17) is 0 Å². The monoisotopic (exact) mass is 414 g/mol. The van der Waals surface area contributed by atoms with E-state index in [1.54, 1.807) is 0 Å². The van der Waals surface area contributed by atoms with E-state index in [1.807, 2.05) is 35.0 Å². The van der Waals surface area contributed by atoms with Crippen LogP contribution in [0.1, 0.15) is 38.5 Å². The van der Waals surface area contributed by atoms with Crippen molar-refractivity contribution in [2.24, 2.45) is 0 Å². The lowest BCUT2D eigenvalue weighted by Gasteiger charge is -2.39. The summed E-state index contributed by atoms with van der Waals surface area (Å²) < 4.78 is 24.1. The first-order valence-electron chi connectivity index (χ1n) is 10.6. The van der Waals surface area contributed by atoms with Crippen LogP contribution in [0.2, 0.25) is 0 Å². The number of carbonyl (C=O) groups is 1. The highest BCUT2D eigenvalue weighted by Gasteiger charge is 2.38. The summed E-state index contributed by atoms with van der Waals surface area (Å²) in [5.74, 6) is 0.374. The fourth-order valence-electron chi connectivity index (χ4n) is 4.85. The molecular formula is C23H30N2O3S. The van der Waals surface area contributed by atoms with E-state index in [-0.39, 0.29) is 36.0 Å². The van der Waals surface area contributed by atoms with Gasteiger partial charge in [0.2, 0.25) is 5.91 Å². The number of benzene rings is 2.